The first-order chi connectivity index (χ1) is 8.79. The molecule has 0 aliphatic heterocycles. The van der Waals surface area contributed by atoms with Gasteiger partial charge in [0.05, 0.1) is 6.61 Å². The molecular formula is C14H16N2O2. The van der Waals surface area contributed by atoms with Crippen molar-refractivity contribution >= 4 is 16.8 Å². The fourth-order valence-corrected chi connectivity index (χ4v) is 2.29. The number of aromatic nitrogens is 1. The third-order valence-corrected chi connectivity index (χ3v) is 3.35. The van der Waals surface area contributed by atoms with Crippen molar-refractivity contribution in [2.75, 3.05) is 13.2 Å². The topological polar surface area (TPSA) is 56.3 Å². The second kappa shape index (κ2) is 4.46. The van der Waals surface area contributed by atoms with E-state index in [1.807, 2.05) is 30.3 Å². The minimum atomic E-state index is -0.0113. The van der Waals surface area contributed by atoms with Crippen molar-refractivity contribution in [3.63, 3.8) is 0 Å². The molecule has 1 aromatic heterocycles. The molecule has 1 aliphatic carbocycles. The number of aliphatic hydroxyl groups excluding tert-OH is 1. The molecule has 0 bridgehead atoms. The molecule has 1 amide bonds. The molecule has 4 nitrogen and oxygen atoms in total. The summed E-state index contributed by atoms with van der Waals surface area (Å²) in [6.07, 6.45) is 2.10. The summed E-state index contributed by atoms with van der Waals surface area (Å²) in [6.45, 7) is 0.432. The Labute approximate surface area is 105 Å². The highest BCUT2D eigenvalue weighted by Gasteiger charge is 2.33. The van der Waals surface area contributed by atoms with E-state index in [4.69, 9.17) is 5.11 Å². The van der Waals surface area contributed by atoms with Crippen LogP contribution in [0.4, 0.5) is 0 Å². The Morgan fingerprint density at radius 3 is 2.83 bits per heavy atom. The van der Waals surface area contributed by atoms with E-state index in [0.29, 0.717) is 18.3 Å². The van der Waals surface area contributed by atoms with E-state index < -0.39 is 0 Å². The zero-order valence-electron chi connectivity index (χ0n) is 10.1. The highest BCUT2D eigenvalue weighted by molar-refractivity contribution is 5.98. The lowest BCUT2D eigenvalue weighted by atomic mass is 10.2. The number of fused-ring (bicyclic) bond motifs is 1. The SMILES string of the molecule is O=C(c1cc2ccccc2[nH]1)N(CCO)C1CC1. The van der Waals surface area contributed by atoms with E-state index >= 15 is 0 Å². The number of para-hydroxylation sites is 1. The van der Waals surface area contributed by atoms with Crippen LogP contribution in [0.3, 0.4) is 0 Å². The van der Waals surface area contributed by atoms with Crippen LogP contribution >= 0.6 is 0 Å². The third kappa shape index (κ3) is 1.99. The van der Waals surface area contributed by atoms with E-state index in [0.717, 1.165) is 23.7 Å². The summed E-state index contributed by atoms with van der Waals surface area (Å²) in [6, 6.07) is 10.0. The van der Waals surface area contributed by atoms with Gasteiger partial charge in [0.1, 0.15) is 5.69 Å². The number of hydrogen-bond donors (Lipinski definition) is 2. The van der Waals surface area contributed by atoms with Crippen LogP contribution < -0.4 is 0 Å². The predicted octanol–water partition coefficient (Wildman–Crippen LogP) is 1.76. The van der Waals surface area contributed by atoms with E-state index in [9.17, 15) is 4.79 Å². The van der Waals surface area contributed by atoms with Gasteiger partial charge < -0.3 is 15.0 Å². The Morgan fingerprint density at radius 1 is 1.39 bits per heavy atom. The number of aromatic amines is 1. The molecule has 0 saturated heterocycles. The summed E-state index contributed by atoms with van der Waals surface area (Å²) in [7, 11) is 0. The van der Waals surface area contributed by atoms with Gasteiger partial charge in [0, 0.05) is 23.5 Å². The minimum absolute atomic E-state index is 0.0113. The molecule has 1 aromatic carbocycles. The number of hydrogen-bond acceptors (Lipinski definition) is 2. The van der Waals surface area contributed by atoms with Gasteiger partial charge in [-0.15, -0.1) is 0 Å². The van der Waals surface area contributed by atoms with Crippen molar-refractivity contribution < 1.29 is 9.90 Å². The zero-order valence-corrected chi connectivity index (χ0v) is 10.1. The van der Waals surface area contributed by atoms with Crippen LogP contribution in [0.25, 0.3) is 10.9 Å². The van der Waals surface area contributed by atoms with Crippen molar-refractivity contribution in [3.8, 4) is 0 Å². The first kappa shape index (κ1) is 11.3. The summed E-state index contributed by atoms with van der Waals surface area (Å²) < 4.78 is 0. The first-order valence-electron chi connectivity index (χ1n) is 6.29. The Bertz CT molecular complexity index is 539. The van der Waals surface area contributed by atoms with Gasteiger partial charge in [0.25, 0.3) is 5.91 Å². The lowest BCUT2D eigenvalue weighted by Gasteiger charge is -2.20. The molecule has 2 aromatic rings. The molecule has 0 radical (unpaired) electrons. The average Bonchev–Trinajstić information content (AvgIpc) is 3.13. The van der Waals surface area contributed by atoms with Crippen molar-refractivity contribution in [1.82, 2.24) is 9.88 Å². The van der Waals surface area contributed by atoms with Crippen molar-refractivity contribution in [2.45, 2.75) is 18.9 Å². The number of carbonyl (C=O) groups excluding carboxylic acids is 1. The number of nitrogens with zero attached hydrogens (tertiary/aromatic N) is 1. The van der Waals surface area contributed by atoms with Crippen LogP contribution in [0, 0.1) is 0 Å². The molecule has 0 atom stereocenters. The van der Waals surface area contributed by atoms with Crippen LogP contribution in [0.15, 0.2) is 30.3 Å². The number of rotatable bonds is 4. The largest absolute Gasteiger partial charge is 0.395 e. The van der Waals surface area contributed by atoms with E-state index in [-0.39, 0.29) is 12.5 Å². The first-order valence-corrected chi connectivity index (χ1v) is 6.29. The number of carbonyl (C=O) groups is 1. The summed E-state index contributed by atoms with van der Waals surface area (Å²) in [4.78, 5) is 17.3. The van der Waals surface area contributed by atoms with Crippen molar-refractivity contribution in [2.24, 2.45) is 0 Å². The van der Waals surface area contributed by atoms with Gasteiger partial charge in [-0.25, -0.2) is 0 Å². The van der Waals surface area contributed by atoms with Crippen LogP contribution in [0.5, 0.6) is 0 Å². The van der Waals surface area contributed by atoms with Gasteiger partial charge in [-0.05, 0) is 25.0 Å². The number of benzene rings is 1. The fraction of sp³-hybridized carbons (Fsp3) is 0.357. The Balaban J connectivity index is 1.90. The van der Waals surface area contributed by atoms with Gasteiger partial charge >= 0.3 is 0 Å². The maximum atomic E-state index is 12.4. The van der Waals surface area contributed by atoms with E-state index in [1.54, 1.807) is 4.90 Å². The lowest BCUT2D eigenvalue weighted by Crippen LogP contribution is -2.35. The zero-order chi connectivity index (χ0) is 12.5. The molecular weight excluding hydrogens is 228 g/mol. The number of H-pyrrole nitrogens is 1. The number of nitrogens with one attached hydrogen (secondary N) is 1. The molecule has 94 valence electrons. The van der Waals surface area contributed by atoms with Gasteiger partial charge in [0.2, 0.25) is 0 Å². The molecule has 18 heavy (non-hydrogen) atoms. The van der Waals surface area contributed by atoms with Crippen LogP contribution in [0.1, 0.15) is 23.3 Å². The standard InChI is InChI=1S/C14H16N2O2/c17-8-7-16(11-5-6-11)14(18)13-9-10-3-1-2-4-12(10)15-13/h1-4,9,11,15,17H,5-8H2. The van der Waals surface area contributed by atoms with Gasteiger partial charge in [-0.1, -0.05) is 18.2 Å². The molecule has 2 N–H and O–H groups in total. The maximum Gasteiger partial charge on any atom is 0.270 e. The summed E-state index contributed by atoms with van der Waals surface area (Å²) >= 11 is 0. The van der Waals surface area contributed by atoms with E-state index in [1.165, 1.54) is 0 Å². The highest BCUT2D eigenvalue weighted by atomic mass is 16.3. The molecule has 0 unspecified atom stereocenters. The second-order valence-corrected chi connectivity index (χ2v) is 4.72. The number of aliphatic hydroxyl groups is 1. The molecule has 1 aliphatic rings. The van der Waals surface area contributed by atoms with Gasteiger partial charge in [-0.2, -0.15) is 0 Å². The number of amides is 1. The molecule has 3 rings (SSSR count). The molecule has 1 saturated carbocycles. The van der Waals surface area contributed by atoms with Gasteiger partial charge in [0.15, 0.2) is 0 Å². The van der Waals surface area contributed by atoms with E-state index in [2.05, 4.69) is 4.98 Å². The Morgan fingerprint density at radius 2 is 2.17 bits per heavy atom. The summed E-state index contributed by atoms with van der Waals surface area (Å²) in [5.41, 5.74) is 1.58. The predicted molar refractivity (Wildman–Crippen MR) is 69.4 cm³/mol. The maximum absolute atomic E-state index is 12.4. The van der Waals surface area contributed by atoms with Crippen molar-refractivity contribution in [3.05, 3.63) is 36.0 Å². The highest BCUT2D eigenvalue weighted by Crippen LogP contribution is 2.28. The smallest absolute Gasteiger partial charge is 0.270 e. The second-order valence-electron chi connectivity index (χ2n) is 4.72. The summed E-state index contributed by atoms with van der Waals surface area (Å²) in [5, 5.41) is 10.1. The molecule has 0 spiro atoms. The van der Waals surface area contributed by atoms with Crippen LogP contribution in [-0.2, 0) is 0 Å². The van der Waals surface area contributed by atoms with Crippen molar-refractivity contribution in [1.29, 1.82) is 0 Å². The van der Waals surface area contributed by atoms with Crippen LogP contribution in [0.2, 0.25) is 0 Å². The normalized spacial score (nSPS) is 14.9. The molecule has 1 fully saturated rings. The van der Waals surface area contributed by atoms with Crippen LogP contribution in [-0.4, -0.2) is 40.1 Å². The quantitative estimate of drug-likeness (QED) is 0.861. The monoisotopic (exact) mass is 244 g/mol. The molecule has 4 heteroatoms. The third-order valence-electron chi connectivity index (χ3n) is 3.35. The lowest BCUT2D eigenvalue weighted by molar-refractivity contribution is 0.0702. The fourth-order valence-electron chi connectivity index (χ4n) is 2.29. The average molecular weight is 244 g/mol. The Kier molecular flexibility index (Phi) is 2.80. The summed E-state index contributed by atoms with van der Waals surface area (Å²) in [5.74, 6) is -0.0113. The minimum Gasteiger partial charge on any atom is -0.395 e. The molecule has 1 heterocycles. The Hall–Kier alpha value is -1.81. The van der Waals surface area contributed by atoms with Gasteiger partial charge in [-0.3, -0.25) is 4.79 Å².